The molecule has 0 heterocycles. The first-order valence-electron chi connectivity index (χ1n) is 18.4. The first-order chi connectivity index (χ1) is 18.7. The molecule has 8 unspecified atom stereocenters. The summed E-state index contributed by atoms with van der Waals surface area (Å²) in [6.07, 6.45) is 23.0. The highest BCUT2D eigenvalue weighted by Gasteiger charge is 2.62. The van der Waals surface area contributed by atoms with Crippen LogP contribution in [0.4, 0.5) is 0 Å². The average molecular weight is 547 g/mol. The molecule has 0 aromatic heterocycles. The fraction of sp³-hybridized carbons (Fsp3) is 0.949. The number of allylic oxidation sites excluding steroid dienone is 2. The monoisotopic (exact) mass is 547 g/mol. The van der Waals surface area contributed by atoms with E-state index in [1.165, 1.54) is 83.5 Å². The molecule has 0 heteroatoms. The molecular formula is C39H78. The number of hydrogen-bond donors (Lipinski definition) is 0. The summed E-state index contributed by atoms with van der Waals surface area (Å²) >= 11 is 0. The van der Waals surface area contributed by atoms with Crippen molar-refractivity contribution in [3.05, 3.63) is 11.6 Å². The van der Waals surface area contributed by atoms with Crippen LogP contribution < -0.4 is 0 Å². The maximum atomic E-state index is 2.74. The van der Waals surface area contributed by atoms with Gasteiger partial charge in [-0.1, -0.05) is 154 Å². The molecule has 0 spiro atoms. The second-order valence-electron chi connectivity index (χ2n) is 14.0. The van der Waals surface area contributed by atoms with Gasteiger partial charge in [0.15, 0.2) is 0 Å². The largest absolute Gasteiger partial charge is 0.0845 e. The number of hydrogen-bond acceptors (Lipinski definition) is 0. The Hall–Kier alpha value is -0.260. The van der Waals surface area contributed by atoms with Crippen LogP contribution >= 0.6 is 0 Å². The van der Waals surface area contributed by atoms with Crippen LogP contribution in [-0.2, 0) is 0 Å². The molecule has 0 aromatic rings. The molecule has 39 heavy (non-hydrogen) atoms. The Morgan fingerprint density at radius 1 is 0.795 bits per heavy atom. The maximum absolute atomic E-state index is 2.74. The van der Waals surface area contributed by atoms with Gasteiger partial charge < -0.3 is 0 Å². The minimum atomic E-state index is 0.550. The minimum absolute atomic E-state index is 0.550. The molecule has 0 aliphatic heterocycles. The zero-order valence-electron chi connectivity index (χ0n) is 30.0. The summed E-state index contributed by atoms with van der Waals surface area (Å²) in [6.45, 7) is 31.7. The highest BCUT2D eigenvalue weighted by Crippen LogP contribution is 2.70. The Balaban J connectivity index is 0.00000104. The smallest absolute Gasteiger partial charge is 0.00849 e. The van der Waals surface area contributed by atoms with Crippen molar-refractivity contribution < 1.29 is 0 Å². The highest BCUT2D eigenvalue weighted by molar-refractivity contribution is 5.26. The van der Waals surface area contributed by atoms with E-state index in [9.17, 15) is 0 Å². The summed E-state index contributed by atoms with van der Waals surface area (Å²) in [7, 11) is 0. The molecule has 0 nitrogen and oxygen atoms in total. The van der Waals surface area contributed by atoms with Crippen molar-refractivity contribution in [1.29, 1.82) is 0 Å². The third kappa shape index (κ3) is 9.91. The van der Waals surface area contributed by atoms with Gasteiger partial charge in [-0.15, -0.1) is 0 Å². The van der Waals surface area contributed by atoms with Crippen molar-refractivity contribution in [3.63, 3.8) is 0 Å². The molecular weight excluding hydrogens is 468 g/mol. The fourth-order valence-electron chi connectivity index (χ4n) is 9.15. The van der Waals surface area contributed by atoms with Gasteiger partial charge >= 0.3 is 0 Å². The molecule has 0 aromatic carbocycles. The van der Waals surface area contributed by atoms with E-state index < -0.39 is 0 Å². The van der Waals surface area contributed by atoms with Crippen LogP contribution in [-0.4, -0.2) is 0 Å². The van der Waals surface area contributed by atoms with E-state index in [0.29, 0.717) is 10.8 Å². The Kier molecular flexibility index (Phi) is 19.7. The first kappa shape index (κ1) is 38.7. The van der Waals surface area contributed by atoms with E-state index >= 15 is 0 Å². The van der Waals surface area contributed by atoms with Gasteiger partial charge in [0.25, 0.3) is 0 Å². The molecule has 0 bridgehead atoms. The fourth-order valence-corrected chi connectivity index (χ4v) is 9.15. The van der Waals surface area contributed by atoms with Gasteiger partial charge in [0.2, 0.25) is 0 Å². The summed E-state index contributed by atoms with van der Waals surface area (Å²) in [5.41, 5.74) is 3.06. The molecule has 234 valence electrons. The number of unbranched alkanes of at least 4 members (excludes halogenated alkanes) is 3. The lowest BCUT2D eigenvalue weighted by Crippen LogP contribution is -2.39. The van der Waals surface area contributed by atoms with Crippen LogP contribution in [0.15, 0.2) is 11.6 Å². The molecule has 8 atom stereocenters. The van der Waals surface area contributed by atoms with Gasteiger partial charge in [-0.05, 0) is 97.2 Å². The predicted octanol–water partition coefficient (Wildman–Crippen LogP) is 13.9. The molecule has 3 saturated carbocycles. The summed E-state index contributed by atoms with van der Waals surface area (Å²) in [6, 6.07) is 0. The van der Waals surface area contributed by atoms with Crippen LogP contribution in [0.2, 0.25) is 0 Å². The van der Waals surface area contributed by atoms with Crippen molar-refractivity contribution in [2.75, 3.05) is 0 Å². The van der Waals surface area contributed by atoms with E-state index in [4.69, 9.17) is 0 Å². The van der Waals surface area contributed by atoms with Gasteiger partial charge in [0.1, 0.15) is 0 Å². The van der Waals surface area contributed by atoms with Crippen molar-refractivity contribution in [1.82, 2.24) is 0 Å². The van der Waals surface area contributed by atoms with E-state index in [2.05, 4.69) is 61.5 Å². The lowest BCUT2D eigenvalue weighted by atomic mass is 9.55. The standard InChI is InChI=1S/C27H46.C6H14.3C2H6/c1-18(2)8-7-9-20(4)23-12-13-24-22-11-10-21-16-19(3)14-15-26(21,5)25(22)17-27(23,24)6;1-3-5-6-4-2;3*1-2/h10,18-20,22-25H,7-9,11-17H2,1-6H3;3-6H2,1-2H3;3*1-2H3. The molecule has 0 amide bonds. The Bertz CT molecular complexity index is 624. The zero-order valence-corrected chi connectivity index (χ0v) is 30.0. The Morgan fingerprint density at radius 3 is 1.92 bits per heavy atom. The Labute approximate surface area is 250 Å². The molecule has 4 rings (SSSR count). The van der Waals surface area contributed by atoms with Crippen LogP contribution in [0.25, 0.3) is 0 Å². The van der Waals surface area contributed by atoms with Crippen molar-refractivity contribution >= 4 is 0 Å². The normalized spacial score (nSPS) is 34.6. The topological polar surface area (TPSA) is 0 Å². The van der Waals surface area contributed by atoms with Crippen molar-refractivity contribution in [2.24, 2.45) is 52.3 Å². The van der Waals surface area contributed by atoms with Crippen molar-refractivity contribution in [3.8, 4) is 0 Å². The summed E-state index contributed by atoms with van der Waals surface area (Å²) in [5, 5.41) is 0. The Morgan fingerprint density at radius 2 is 1.38 bits per heavy atom. The van der Waals surface area contributed by atoms with Gasteiger partial charge in [0.05, 0.1) is 0 Å². The van der Waals surface area contributed by atoms with Crippen molar-refractivity contribution in [2.45, 2.75) is 187 Å². The second kappa shape index (κ2) is 19.8. The van der Waals surface area contributed by atoms with Crippen LogP contribution in [0, 0.1) is 52.3 Å². The van der Waals surface area contributed by atoms with E-state index in [-0.39, 0.29) is 0 Å². The number of rotatable bonds is 8. The zero-order chi connectivity index (χ0) is 30.2. The van der Waals surface area contributed by atoms with Gasteiger partial charge in [-0.25, -0.2) is 0 Å². The van der Waals surface area contributed by atoms with Crippen LogP contribution in [0.3, 0.4) is 0 Å². The third-order valence-electron chi connectivity index (χ3n) is 11.2. The molecule has 4 aliphatic carbocycles. The molecule has 0 radical (unpaired) electrons. The van der Waals surface area contributed by atoms with Gasteiger partial charge in [-0.3, -0.25) is 0 Å². The summed E-state index contributed by atoms with van der Waals surface area (Å²) in [4.78, 5) is 0. The molecule has 0 N–H and O–H groups in total. The molecule has 4 aliphatic rings. The molecule has 3 fully saturated rings. The first-order valence-corrected chi connectivity index (χ1v) is 18.4. The minimum Gasteiger partial charge on any atom is -0.0845 e. The van der Waals surface area contributed by atoms with Gasteiger partial charge in [0, 0.05) is 0 Å². The third-order valence-corrected chi connectivity index (χ3v) is 11.2. The lowest BCUT2D eigenvalue weighted by molar-refractivity contribution is 0.0939. The SMILES string of the molecule is CC.CC.CC.CC(C)CCCC(C)C1CCC2C3CC=C4CC(C)CCC4(C)C3CC12C.CCCCCC. The van der Waals surface area contributed by atoms with E-state index in [1.54, 1.807) is 6.42 Å². The van der Waals surface area contributed by atoms with Gasteiger partial charge in [-0.2, -0.15) is 0 Å². The average Bonchev–Trinajstić information content (AvgIpc) is 3.43. The van der Waals surface area contributed by atoms with E-state index in [1.807, 2.05) is 47.1 Å². The second-order valence-corrected chi connectivity index (χ2v) is 14.0. The van der Waals surface area contributed by atoms with E-state index in [0.717, 1.165) is 41.4 Å². The number of fused-ring (bicyclic) bond motifs is 5. The van der Waals surface area contributed by atoms with Crippen LogP contribution in [0.1, 0.15) is 187 Å². The van der Waals surface area contributed by atoms with Crippen LogP contribution in [0.5, 0.6) is 0 Å². The summed E-state index contributed by atoms with van der Waals surface area (Å²) in [5.74, 6) is 6.74. The summed E-state index contributed by atoms with van der Waals surface area (Å²) < 4.78 is 0. The lowest BCUT2D eigenvalue weighted by Gasteiger charge is -2.49. The molecule has 0 saturated heterocycles. The highest BCUT2D eigenvalue weighted by atomic mass is 14.7. The maximum Gasteiger partial charge on any atom is -0.00849 e. The predicted molar refractivity (Wildman–Crippen MR) is 181 cm³/mol. The quantitative estimate of drug-likeness (QED) is 0.210.